The molecule has 0 fully saturated rings. The number of nitrogens with two attached hydrogens (primary N) is 1. The summed E-state index contributed by atoms with van der Waals surface area (Å²) in [7, 11) is 0. The minimum Gasteiger partial charge on any atom is -0.395 e. The zero-order valence-electron chi connectivity index (χ0n) is 7.79. The molecule has 0 radical (unpaired) electrons. The van der Waals surface area contributed by atoms with Crippen molar-refractivity contribution in [3.8, 4) is 0 Å². The molecule has 1 amide bonds. The van der Waals surface area contributed by atoms with E-state index in [1.165, 1.54) is 0 Å². The van der Waals surface area contributed by atoms with Crippen molar-refractivity contribution in [1.29, 1.82) is 0 Å². The van der Waals surface area contributed by atoms with Gasteiger partial charge in [0.25, 0.3) is 0 Å². The second kappa shape index (κ2) is 5.97. The average Bonchev–Trinajstić information content (AvgIpc) is 2.11. The predicted octanol–water partition coefficient (Wildman–Crippen LogP) is -0.435. The quantitative estimate of drug-likeness (QED) is 0.594. The molecule has 0 aromatic carbocycles. The number of rotatable bonds is 5. The van der Waals surface area contributed by atoms with Gasteiger partial charge in [-0.25, -0.2) is 0 Å². The molecule has 0 saturated carbocycles. The average molecular weight is 174 g/mol. The molecule has 4 nitrogen and oxygen atoms in total. The van der Waals surface area contributed by atoms with Gasteiger partial charge in [-0.1, -0.05) is 6.92 Å². The van der Waals surface area contributed by atoms with Crippen LogP contribution >= 0.6 is 0 Å². The van der Waals surface area contributed by atoms with Gasteiger partial charge in [0, 0.05) is 13.1 Å². The molecule has 0 rings (SSSR count). The summed E-state index contributed by atoms with van der Waals surface area (Å²) < 4.78 is 0. The van der Waals surface area contributed by atoms with E-state index in [0.29, 0.717) is 19.5 Å². The topological polar surface area (TPSA) is 66.6 Å². The van der Waals surface area contributed by atoms with Gasteiger partial charge in [-0.3, -0.25) is 4.79 Å². The first-order valence-corrected chi connectivity index (χ1v) is 4.32. The normalized spacial score (nSPS) is 12.7. The van der Waals surface area contributed by atoms with Crippen LogP contribution in [0.1, 0.15) is 20.3 Å². The van der Waals surface area contributed by atoms with Crippen LogP contribution in [0.2, 0.25) is 0 Å². The predicted molar refractivity (Wildman–Crippen MR) is 47.6 cm³/mol. The van der Waals surface area contributed by atoms with E-state index in [9.17, 15) is 4.79 Å². The smallest absolute Gasteiger partial charge is 0.239 e. The minimum absolute atomic E-state index is 0.00395. The molecule has 0 saturated heterocycles. The van der Waals surface area contributed by atoms with Crippen molar-refractivity contribution in [2.75, 3.05) is 19.7 Å². The molecule has 0 aliphatic carbocycles. The number of hydrogen-bond acceptors (Lipinski definition) is 3. The number of nitrogens with zero attached hydrogens (tertiary/aromatic N) is 1. The Morgan fingerprint density at radius 2 is 2.17 bits per heavy atom. The fourth-order valence-corrected chi connectivity index (χ4v) is 0.954. The van der Waals surface area contributed by atoms with Crippen LogP contribution in [0.25, 0.3) is 0 Å². The molecule has 0 heterocycles. The summed E-state index contributed by atoms with van der Waals surface area (Å²) >= 11 is 0. The molecule has 3 N–H and O–H groups in total. The van der Waals surface area contributed by atoms with Gasteiger partial charge in [0.1, 0.15) is 0 Å². The summed E-state index contributed by atoms with van der Waals surface area (Å²) in [6, 6.07) is -0.420. The summed E-state index contributed by atoms with van der Waals surface area (Å²) in [6.07, 6.45) is 0.640. The lowest BCUT2D eigenvalue weighted by Crippen LogP contribution is -2.44. The summed E-state index contributed by atoms with van der Waals surface area (Å²) in [6.45, 7) is 4.72. The minimum atomic E-state index is -0.420. The molecule has 0 spiro atoms. The zero-order valence-corrected chi connectivity index (χ0v) is 7.79. The van der Waals surface area contributed by atoms with Crippen molar-refractivity contribution < 1.29 is 9.90 Å². The zero-order chi connectivity index (χ0) is 9.56. The number of carbonyl (C=O) groups excluding carboxylic acids is 1. The van der Waals surface area contributed by atoms with E-state index in [-0.39, 0.29) is 12.5 Å². The number of likely N-dealkylation sites (N-methyl/N-ethyl adjacent to an activating group) is 1. The van der Waals surface area contributed by atoms with Crippen LogP contribution in [0.5, 0.6) is 0 Å². The molecular weight excluding hydrogens is 156 g/mol. The van der Waals surface area contributed by atoms with Crippen LogP contribution < -0.4 is 5.73 Å². The third-order valence-corrected chi connectivity index (χ3v) is 1.82. The van der Waals surface area contributed by atoms with Gasteiger partial charge >= 0.3 is 0 Å². The lowest BCUT2D eigenvalue weighted by molar-refractivity contribution is -0.132. The maximum atomic E-state index is 11.4. The van der Waals surface area contributed by atoms with Gasteiger partial charge < -0.3 is 15.7 Å². The van der Waals surface area contributed by atoms with Crippen molar-refractivity contribution in [2.24, 2.45) is 5.73 Å². The highest BCUT2D eigenvalue weighted by atomic mass is 16.3. The van der Waals surface area contributed by atoms with Crippen molar-refractivity contribution in [3.63, 3.8) is 0 Å². The van der Waals surface area contributed by atoms with E-state index >= 15 is 0 Å². The van der Waals surface area contributed by atoms with Gasteiger partial charge in [-0.05, 0) is 13.3 Å². The SMILES string of the molecule is CC[C@H](N)C(=O)N(CC)CCO. The Morgan fingerprint density at radius 3 is 2.50 bits per heavy atom. The number of hydrogen-bond donors (Lipinski definition) is 2. The second-order valence-electron chi connectivity index (χ2n) is 2.66. The highest BCUT2D eigenvalue weighted by Gasteiger charge is 2.16. The van der Waals surface area contributed by atoms with Gasteiger partial charge in [0.2, 0.25) is 5.91 Å². The number of amides is 1. The highest BCUT2D eigenvalue weighted by Crippen LogP contribution is 1.95. The molecule has 0 unspecified atom stereocenters. The Hall–Kier alpha value is -0.610. The van der Waals surface area contributed by atoms with Crippen LogP contribution in [-0.4, -0.2) is 41.7 Å². The Balaban J connectivity index is 4.01. The third kappa shape index (κ3) is 3.19. The van der Waals surface area contributed by atoms with Crippen molar-refractivity contribution in [2.45, 2.75) is 26.3 Å². The van der Waals surface area contributed by atoms with E-state index in [1.807, 2.05) is 13.8 Å². The fraction of sp³-hybridized carbons (Fsp3) is 0.875. The van der Waals surface area contributed by atoms with Crippen molar-refractivity contribution in [3.05, 3.63) is 0 Å². The maximum absolute atomic E-state index is 11.4. The Labute approximate surface area is 73.3 Å². The van der Waals surface area contributed by atoms with Crippen molar-refractivity contribution in [1.82, 2.24) is 4.90 Å². The van der Waals surface area contributed by atoms with E-state index in [2.05, 4.69) is 0 Å². The highest BCUT2D eigenvalue weighted by molar-refractivity contribution is 5.81. The lowest BCUT2D eigenvalue weighted by atomic mass is 10.2. The summed E-state index contributed by atoms with van der Waals surface area (Å²) in [5.74, 6) is -0.0750. The van der Waals surface area contributed by atoms with Crippen LogP contribution in [0.15, 0.2) is 0 Å². The van der Waals surface area contributed by atoms with Crippen LogP contribution in [0, 0.1) is 0 Å². The molecule has 0 bridgehead atoms. The molecule has 72 valence electrons. The summed E-state index contributed by atoms with van der Waals surface area (Å²) in [5, 5.41) is 8.64. The van der Waals surface area contributed by atoms with Gasteiger partial charge in [0.05, 0.1) is 12.6 Å². The molecule has 0 aliphatic rings. The van der Waals surface area contributed by atoms with E-state index in [0.717, 1.165) is 0 Å². The van der Waals surface area contributed by atoms with E-state index in [1.54, 1.807) is 4.90 Å². The number of aliphatic hydroxyl groups is 1. The fourth-order valence-electron chi connectivity index (χ4n) is 0.954. The van der Waals surface area contributed by atoms with Gasteiger partial charge in [0.15, 0.2) is 0 Å². The molecular formula is C8H18N2O2. The first-order valence-electron chi connectivity index (χ1n) is 4.32. The molecule has 4 heteroatoms. The lowest BCUT2D eigenvalue weighted by Gasteiger charge is -2.22. The molecule has 1 atom stereocenters. The monoisotopic (exact) mass is 174 g/mol. The molecule has 0 aliphatic heterocycles. The Kier molecular flexibility index (Phi) is 5.66. The summed E-state index contributed by atoms with van der Waals surface area (Å²) in [4.78, 5) is 12.9. The van der Waals surface area contributed by atoms with Crippen LogP contribution in [0.3, 0.4) is 0 Å². The van der Waals surface area contributed by atoms with Crippen LogP contribution in [-0.2, 0) is 4.79 Å². The molecule has 0 aromatic heterocycles. The first-order chi connectivity index (χ1) is 5.67. The largest absolute Gasteiger partial charge is 0.395 e. The maximum Gasteiger partial charge on any atom is 0.239 e. The standard InChI is InChI=1S/C8H18N2O2/c1-3-7(9)8(12)10(4-2)5-6-11/h7,11H,3-6,9H2,1-2H3/t7-/m0/s1. The molecule has 0 aromatic rings. The van der Waals surface area contributed by atoms with Crippen molar-refractivity contribution >= 4 is 5.91 Å². The third-order valence-electron chi connectivity index (χ3n) is 1.82. The van der Waals surface area contributed by atoms with E-state index in [4.69, 9.17) is 10.8 Å². The number of aliphatic hydroxyl groups excluding tert-OH is 1. The molecule has 12 heavy (non-hydrogen) atoms. The first kappa shape index (κ1) is 11.4. The Morgan fingerprint density at radius 1 is 1.58 bits per heavy atom. The Bertz CT molecular complexity index is 139. The summed E-state index contributed by atoms with van der Waals surface area (Å²) in [5.41, 5.74) is 5.55. The second-order valence-corrected chi connectivity index (χ2v) is 2.66. The van der Waals surface area contributed by atoms with Crippen LogP contribution in [0.4, 0.5) is 0 Å². The van der Waals surface area contributed by atoms with Gasteiger partial charge in [-0.2, -0.15) is 0 Å². The number of carbonyl (C=O) groups is 1. The van der Waals surface area contributed by atoms with Gasteiger partial charge in [-0.15, -0.1) is 0 Å². The van der Waals surface area contributed by atoms with E-state index < -0.39 is 6.04 Å².